The van der Waals surface area contributed by atoms with E-state index in [0.717, 1.165) is 13.2 Å². The van der Waals surface area contributed by atoms with Gasteiger partial charge in [-0.3, -0.25) is 0 Å². The molecular formula is C11H25NO. The molecule has 0 saturated heterocycles. The maximum Gasteiger partial charge on any atom is 0.0493 e. The average Bonchev–Trinajstić information content (AvgIpc) is 2.05. The molecular weight excluding hydrogens is 162 g/mol. The Balaban J connectivity index is 4.18. The summed E-state index contributed by atoms with van der Waals surface area (Å²) in [5, 5.41) is 3.28. The zero-order valence-corrected chi connectivity index (χ0v) is 9.81. The fourth-order valence-electron chi connectivity index (χ4n) is 1.94. The molecule has 2 heteroatoms. The second-order valence-electron chi connectivity index (χ2n) is 4.29. The molecule has 0 bridgehead atoms. The Morgan fingerprint density at radius 3 is 2.46 bits per heavy atom. The van der Waals surface area contributed by atoms with Crippen molar-refractivity contribution in [3.63, 3.8) is 0 Å². The number of methoxy groups -OCH3 is 1. The largest absolute Gasteiger partial charge is 0.384 e. The number of hydrogen-bond donors (Lipinski definition) is 1. The minimum atomic E-state index is 0.375. The smallest absolute Gasteiger partial charge is 0.0493 e. The Morgan fingerprint density at radius 2 is 2.08 bits per heavy atom. The van der Waals surface area contributed by atoms with Gasteiger partial charge in [-0.2, -0.15) is 0 Å². The van der Waals surface area contributed by atoms with Gasteiger partial charge in [0.1, 0.15) is 0 Å². The maximum absolute atomic E-state index is 5.21. The van der Waals surface area contributed by atoms with Gasteiger partial charge in [-0.25, -0.2) is 0 Å². The lowest BCUT2D eigenvalue weighted by atomic mass is 9.75. The van der Waals surface area contributed by atoms with Gasteiger partial charge in [-0.1, -0.05) is 27.2 Å². The summed E-state index contributed by atoms with van der Waals surface area (Å²) in [4.78, 5) is 0. The summed E-state index contributed by atoms with van der Waals surface area (Å²) in [5.74, 6) is 0.616. The van der Waals surface area contributed by atoms with Crippen molar-refractivity contribution in [3.05, 3.63) is 0 Å². The van der Waals surface area contributed by atoms with E-state index in [1.54, 1.807) is 7.11 Å². The van der Waals surface area contributed by atoms with Crippen molar-refractivity contribution in [3.8, 4) is 0 Å². The minimum absolute atomic E-state index is 0.375. The third-order valence-corrected chi connectivity index (χ3v) is 3.01. The summed E-state index contributed by atoms with van der Waals surface area (Å²) >= 11 is 0. The summed E-state index contributed by atoms with van der Waals surface area (Å²) < 4.78 is 5.21. The zero-order chi connectivity index (χ0) is 10.3. The summed E-state index contributed by atoms with van der Waals surface area (Å²) in [5.41, 5.74) is 0.375. The molecule has 13 heavy (non-hydrogen) atoms. The van der Waals surface area contributed by atoms with E-state index in [-0.39, 0.29) is 0 Å². The molecule has 0 saturated carbocycles. The standard InChI is InChI=1S/C11H25NO/c1-6-7-11(3,9-12-4)10(2)8-13-5/h10,12H,6-9H2,1-5H3. The van der Waals surface area contributed by atoms with Crippen LogP contribution in [0.1, 0.15) is 33.6 Å². The highest BCUT2D eigenvalue weighted by molar-refractivity contribution is 4.81. The quantitative estimate of drug-likeness (QED) is 0.660. The number of ether oxygens (including phenoxy) is 1. The van der Waals surface area contributed by atoms with Gasteiger partial charge in [0.05, 0.1) is 0 Å². The van der Waals surface area contributed by atoms with Gasteiger partial charge in [-0.05, 0) is 24.8 Å². The van der Waals surface area contributed by atoms with Crippen molar-refractivity contribution in [2.75, 3.05) is 27.3 Å². The molecule has 0 fully saturated rings. The molecule has 80 valence electrons. The fraction of sp³-hybridized carbons (Fsp3) is 1.00. The van der Waals surface area contributed by atoms with Crippen LogP contribution in [-0.4, -0.2) is 27.3 Å². The van der Waals surface area contributed by atoms with E-state index < -0.39 is 0 Å². The fourth-order valence-corrected chi connectivity index (χ4v) is 1.94. The van der Waals surface area contributed by atoms with Crippen molar-refractivity contribution < 1.29 is 4.74 Å². The van der Waals surface area contributed by atoms with Crippen molar-refractivity contribution >= 4 is 0 Å². The van der Waals surface area contributed by atoms with Gasteiger partial charge in [0, 0.05) is 20.3 Å². The van der Waals surface area contributed by atoms with E-state index >= 15 is 0 Å². The molecule has 0 aromatic carbocycles. The Morgan fingerprint density at radius 1 is 1.46 bits per heavy atom. The minimum Gasteiger partial charge on any atom is -0.384 e. The SMILES string of the molecule is CCCC(C)(CNC)C(C)COC. The van der Waals surface area contributed by atoms with E-state index in [2.05, 4.69) is 26.1 Å². The number of nitrogens with one attached hydrogen (secondary N) is 1. The van der Waals surface area contributed by atoms with Gasteiger partial charge in [0.15, 0.2) is 0 Å². The van der Waals surface area contributed by atoms with Crippen LogP contribution in [0.5, 0.6) is 0 Å². The lowest BCUT2D eigenvalue weighted by Crippen LogP contribution is -2.37. The third kappa shape index (κ3) is 4.10. The molecule has 0 aliphatic carbocycles. The van der Waals surface area contributed by atoms with Gasteiger partial charge in [-0.15, -0.1) is 0 Å². The van der Waals surface area contributed by atoms with Crippen LogP contribution in [0.3, 0.4) is 0 Å². The lowest BCUT2D eigenvalue weighted by molar-refractivity contribution is 0.0749. The molecule has 2 atom stereocenters. The van der Waals surface area contributed by atoms with Crippen molar-refractivity contribution in [1.82, 2.24) is 5.32 Å². The maximum atomic E-state index is 5.21. The molecule has 0 heterocycles. The highest BCUT2D eigenvalue weighted by Crippen LogP contribution is 2.31. The Bertz CT molecular complexity index is 119. The normalized spacial score (nSPS) is 18.2. The third-order valence-electron chi connectivity index (χ3n) is 3.01. The Hall–Kier alpha value is -0.0800. The van der Waals surface area contributed by atoms with Crippen molar-refractivity contribution in [1.29, 1.82) is 0 Å². The van der Waals surface area contributed by atoms with Crippen LogP contribution in [-0.2, 0) is 4.74 Å². The van der Waals surface area contributed by atoms with Crippen LogP contribution < -0.4 is 5.32 Å². The molecule has 0 spiro atoms. The van der Waals surface area contributed by atoms with E-state index in [0.29, 0.717) is 11.3 Å². The summed E-state index contributed by atoms with van der Waals surface area (Å²) in [7, 11) is 3.80. The van der Waals surface area contributed by atoms with E-state index in [1.165, 1.54) is 12.8 Å². The van der Waals surface area contributed by atoms with E-state index in [4.69, 9.17) is 4.74 Å². The van der Waals surface area contributed by atoms with Crippen LogP contribution in [0, 0.1) is 11.3 Å². The van der Waals surface area contributed by atoms with E-state index in [9.17, 15) is 0 Å². The average molecular weight is 187 g/mol. The number of hydrogen-bond acceptors (Lipinski definition) is 2. The van der Waals surface area contributed by atoms with Gasteiger partial charge < -0.3 is 10.1 Å². The van der Waals surface area contributed by atoms with Crippen molar-refractivity contribution in [2.24, 2.45) is 11.3 Å². The second-order valence-corrected chi connectivity index (χ2v) is 4.29. The predicted molar refractivity (Wildman–Crippen MR) is 58.0 cm³/mol. The summed E-state index contributed by atoms with van der Waals surface area (Å²) in [6.07, 6.45) is 2.50. The Kier molecular flexibility index (Phi) is 6.35. The topological polar surface area (TPSA) is 21.3 Å². The molecule has 2 nitrogen and oxygen atoms in total. The molecule has 0 aromatic rings. The van der Waals surface area contributed by atoms with Gasteiger partial charge >= 0.3 is 0 Å². The van der Waals surface area contributed by atoms with Crippen LogP contribution in [0.15, 0.2) is 0 Å². The zero-order valence-electron chi connectivity index (χ0n) is 9.81. The highest BCUT2D eigenvalue weighted by Gasteiger charge is 2.29. The summed E-state index contributed by atoms with van der Waals surface area (Å²) in [6.45, 7) is 8.80. The van der Waals surface area contributed by atoms with Crippen molar-refractivity contribution in [2.45, 2.75) is 33.6 Å². The second kappa shape index (κ2) is 6.39. The highest BCUT2D eigenvalue weighted by atomic mass is 16.5. The molecule has 0 aromatic heterocycles. The molecule has 0 radical (unpaired) electrons. The first-order chi connectivity index (χ1) is 6.10. The molecule has 0 amide bonds. The Labute approximate surface area is 83.1 Å². The van der Waals surface area contributed by atoms with Crippen LogP contribution in [0.4, 0.5) is 0 Å². The predicted octanol–water partition coefficient (Wildman–Crippen LogP) is 2.29. The summed E-state index contributed by atoms with van der Waals surface area (Å²) in [6, 6.07) is 0. The first-order valence-corrected chi connectivity index (χ1v) is 5.24. The first-order valence-electron chi connectivity index (χ1n) is 5.24. The lowest BCUT2D eigenvalue weighted by Gasteiger charge is -2.35. The molecule has 0 aliphatic heterocycles. The number of rotatable bonds is 7. The van der Waals surface area contributed by atoms with Crippen LogP contribution >= 0.6 is 0 Å². The first kappa shape index (κ1) is 12.9. The van der Waals surface area contributed by atoms with Crippen LogP contribution in [0.25, 0.3) is 0 Å². The molecule has 1 N–H and O–H groups in total. The van der Waals surface area contributed by atoms with Gasteiger partial charge in [0.2, 0.25) is 0 Å². The molecule has 0 rings (SSSR count). The van der Waals surface area contributed by atoms with E-state index in [1.807, 2.05) is 7.05 Å². The monoisotopic (exact) mass is 187 g/mol. The molecule has 2 unspecified atom stereocenters. The van der Waals surface area contributed by atoms with Gasteiger partial charge in [0.25, 0.3) is 0 Å². The molecule has 0 aliphatic rings. The van der Waals surface area contributed by atoms with Crippen LogP contribution in [0.2, 0.25) is 0 Å².